The summed E-state index contributed by atoms with van der Waals surface area (Å²) in [5.41, 5.74) is 7.95. The zero-order chi connectivity index (χ0) is 12.2. The number of nitrogens with one attached hydrogen (secondary N) is 1. The molecule has 4 nitrogen and oxygen atoms in total. The van der Waals surface area contributed by atoms with Crippen LogP contribution < -0.4 is 11.1 Å². The number of nitrogens with zero attached hydrogens (tertiary/aromatic N) is 1. The highest BCUT2D eigenvalue weighted by Gasteiger charge is 2.41. The van der Waals surface area contributed by atoms with Gasteiger partial charge in [0.25, 0.3) is 5.91 Å². The lowest BCUT2D eigenvalue weighted by Crippen LogP contribution is -2.34. The van der Waals surface area contributed by atoms with Crippen molar-refractivity contribution in [2.45, 2.75) is 31.3 Å². The molecule has 3 rings (SSSR count). The number of carbonyl (C=O) groups excluding carboxylic acids is 1. The average Bonchev–Trinajstić information content (AvgIpc) is 2.75. The average molecular weight is 251 g/mol. The van der Waals surface area contributed by atoms with Crippen molar-refractivity contribution in [3.63, 3.8) is 0 Å². The third-order valence-electron chi connectivity index (χ3n) is 4.10. The van der Waals surface area contributed by atoms with E-state index >= 15 is 0 Å². The van der Waals surface area contributed by atoms with E-state index in [-0.39, 0.29) is 5.91 Å². The van der Waals surface area contributed by atoms with E-state index in [1.807, 2.05) is 0 Å². The first kappa shape index (κ1) is 11.0. The number of thiophene rings is 1. The molecule has 92 valence electrons. The number of nitrogen functional groups attached to an aromatic ring is 1. The van der Waals surface area contributed by atoms with Gasteiger partial charge in [-0.2, -0.15) is 0 Å². The summed E-state index contributed by atoms with van der Waals surface area (Å²) >= 11 is 1.60. The summed E-state index contributed by atoms with van der Waals surface area (Å²) in [5, 5.41) is 3.37. The maximum Gasteiger partial charge on any atom is 0.254 e. The van der Waals surface area contributed by atoms with E-state index < -0.39 is 0 Å². The molecule has 2 aliphatic heterocycles. The van der Waals surface area contributed by atoms with Crippen LogP contribution in [0.15, 0.2) is 0 Å². The Kier molecular flexibility index (Phi) is 2.41. The van der Waals surface area contributed by atoms with Crippen molar-refractivity contribution in [2.75, 3.05) is 19.8 Å². The topological polar surface area (TPSA) is 58.4 Å². The molecule has 1 aromatic heterocycles. The van der Waals surface area contributed by atoms with Crippen molar-refractivity contribution in [1.29, 1.82) is 0 Å². The van der Waals surface area contributed by atoms with Crippen molar-refractivity contribution < 1.29 is 4.79 Å². The molecule has 0 saturated carbocycles. The SMILES string of the molecule is CNC(=O)c1c(N)sc2c1CC1CCC2N1C. The number of anilines is 1. The van der Waals surface area contributed by atoms with Gasteiger partial charge in [-0.25, -0.2) is 0 Å². The molecule has 2 bridgehead atoms. The first-order chi connectivity index (χ1) is 8.13. The van der Waals surface area contributed by atoms with E-state index in [0.29, 0.717) is 17.1 Å². The molecule has 1 amide bonds. The second-order valence-electron chi connectivity index (χ2n) is 4.88. The zero-order valence-corrected chi connectivity index (χ0v) is 10.9. The number of likely N-dealkylation sites (N-methyl/N-ethyl adjacent to an activating group) is 1. The number of amides is 1. The maximum atomic E-state index is 11.9. The summed E-state index contributed by atoms with van der Waals surface area (Å²) in [6.07, 6.45) is 3.40. The second kappa shape index (κ2) is 3.71. The lowest BCUT2D eigenvalue weighted by Gasteiger charge is -2.31. The second-order valence-corrected chi connectivity index (χ2v) is 5.96. The smallest absolute Gasteiger partial charge is 0.254 e. The highest BCUT2D eigenvalue weighted by Crippen LogP contribution is 2.48. The van der Waals surface area contributed by atoms with Crippen molar-refractivity contribution >= 4 is 22.2 Å². The quantitative estimate of drug-likeness (QED) is 0.793. The molecule has 0 radical (unpaired) electrons. The van der Waals surface area contributed by atoms with Gasteiger partial charge in [-0.05, 0) is 31.9 Å². The summed E-state index contributed by atoms with van der Waals surface area (Å²) < 4.78 is 0. The summed E-state index contributed by atoms with van der Waals surface area (Å²) in [5.74, 6) is -0.0380. The predicted molar refractivity (Wildman–Crippen MR) is 69.4 cm³/mol. The number of nitrogens with two attached hydrogens (primary N) is 1. The fourth-order valence-electron chi connectivity index (χ4n) is 3.16. The van der Waals surface area contributed by atoms with Crippen LogP contribution in [0.2, 0.25) is 0 Å². The standard InChI is InChI=1S/C12H17N3OS/c1-14-12(16)9-7-5-6-3-4-8(15(6)2)10(7)17-11(9)13/h6,8H,3-5,13H2,1-2H3,(H,14,16). The van der Waals surface area contributed by atoms with Crippen LogP contribution >= 0.6 is 11.3 Å². The summed E-state index contributed by atoms with van der Waals surface area (Å²) in [6.45, 7) is 0. The van der Waals surface area contributed by atoms with E-state index in [0.717, 1.165) is 12.0 Å². The van der Waals surface area contributed by atoms with Gasteiger partial charge in [-0.3, -0.25) is 9.69 Å². The molecule has 1 aromatic rings. The normalized spacial score (nSPS) is 26.9. The minimum absolute atomic E-state index is 0.0380. The molecule has 17 heavy (non-hydrogen) atoms. The maximum absolute atomic E-state index is 11.9. The Balaban J connectivity index is 2.12. The van der Waals surface area contributed by atoms with Crippen LogP contribution in [0.3, 0.4) is 0 Å². The first-order valence-corrected chi connectivity index (χ1v) is 6.80. The fourth-order valence-corrected chi connectivity index (χ4v) is 4.44. The monoisotopic (exact) mass is 251 g/mol. The summed E-state index contributed by atoms with van der Waals surface area (Å²) in [6, 6.07) is 1.07. The van der Waals surface area contributed by atoms with E-state index in [2.05, 4.69) is 17.3 Å². The minimum Gasteiger partial charge on any atom is -0.390 e. The Hall–Kier alpha value is -1.07. The molecular weight excluding hydrogens is 234 g/mol. The molecule has 3 heterocycles. The van der Waals surface area contributed by atoms with Gasteiger partial charge in [0.2, 0.25) is 0 Å². The van der Waals surface area contributed by atoms with Crippen molar-refractivity contribution in [3.05, 3.63) is 16.0 Å². The number of fused-ring (bicyclic) bond motifs is 4. The van der Waals surface area contributed by atoms with Crippen LogP contribution in [0, 0.1) is 0 Å². The molecular formula is C12H17N3OS. The van der Waals surface area contributed by atoms with Crippen molar-refractivity contribution in [3.8, 4) is 0 Å². The lowest BCUT2D eigenvalue weighted by atomic mass is 9.97. The van der Waals surface area contributed by atoms with E-state index in [9.17, 15) is 4.79 Å². The first-order valence-electron chi connectivity index (χ1n) is 5.98. The zero-order valence-electron chi connectivity index (χ0n) is 10.1. The molecule has 0 spiro atoms. The molecule has 1 fully saturated rings. The highest BCUT2D eigenvalue weighted by molar-refractivity contribution is 7.16. The van der Waals surface area contributed by atoms with Gasteiger partial charge in [-0.1, -0.05) is 0 Å². The predicted octanol–water partition coefficient (Wildman–Crippen LogP) is 1.38. The molecule has 0 aromatic carbocycles. The Morgan fingerprint density at radius 3 is 3.00 bits per heavy atom. The van der Waals surface area contributed by atoms with Crippen LogP contribution in [0.5, 0.6) is 0 Å². The van der Waals surface area contributed by atoms with Crippen LogP contribution in [-0.2, 0) is 6.42 Å². The van der Waals surface area contributed by atoms with Crippen molar-refractivity contribution in [2.24, 2.45) is 0 Å². The van der Waals surface area contributed by atoms with E-state index in [4.69, 9.17) is 5.73 Å². The number of rotatable bonds is 1. The van der Waals surface area contributed by atoms with Gasteiger partial charge in [0, 0.05) is 24.0 Å². The highest BCUT2D eigenvalue weighted by atomic mass is 32.1. The molecule has 5 heteroatoms. The minimum atomic E-state index is -0.0380. The molecule has 2 unspecified atom stereocenters. The van der Waals surface area contributed by atoms with Crippen molar-refractivity contribution in [1.82, 2.24) is 10.2 Å². The summed E-state index contributed by atoms with van der Waals surface area (Å²) in [7, 11) is 3.84. The van der Waals surface area contributed by atoms with Gasteiger partial charge in [0.15, 0.2) is 0 Å². The Labute approximate surface area is 105 Å². The number of carbonyl (C=O) groups is 1. The Morgan fingerprint density at radius 2 is 2.29 bits per heavy atom. The van der Waals surface area contributed by atoms with Crippen LogP contribution in [0.4, 0.5) is 5.00 Å². The largest absolute Gasteiger partial charge is 0.390 e. The van der Waals surface area contributed by atoms with Gasteiger partial charge >= 0.3 is 0 Å². The molecule has 0 aliphatic carbocycles. The van der Waals surface area contributed by atoms with E-state index in [1.165, 1.54) is 23.3 Å². The van der Waals surface area contributed by atoms with Gasteiger partial charge < -0.3 is 11.1 Å². The molecule has 3 N–H and O–H groups in total. The van der Waals surface area contributed by atoms with Gasteiger partial charge in [-0.15, -0.1) is 11.3 Å². The summed E-state index contributed by atoms with van der Waals surface area (Å²) in [4.78, 5) is 15.6. The fraction of sp³-hybridized carbons (Fsp3) is 0.583. The van der Waals surface area contributed by atoms with E-state index in [1.54, 1.807) is 18.4 Å². The van der Waals surface area contributed by atoms with Crippen LogP contribution in [-0.4, -0.2) is 30.9 Å². The lowest BCUT2D eigenvalue weighted by molar-refractivity contribution is 0.0962. The third-order valence-corrected chi connectivity index (χ3v) is 5.27. The number of hydrogen-bond donors (Lipinski definition) is 2. The molecule has 2 aliphatic rings. The van der Waals surface area contributed by atoms with Gasteiger partial charge in [0.1, 0.15) is 0 Å². The van der Waals surface area contributed by atoms with Crippen LogP contribution in [0.1, 0.15) is 39.7 Å². The molecule has 1 saturated heterocycles. The van der Waals surface area contributed by atoms with Gasteiger partial charge in [0.05, 0.1) is 10.6 Å². The Morgan fingerprint density at radius 1 is 1.53 bits per heavy atom. The number of hydrogen-bond acceptors (Lipinski definition) is 4. The van der Waals surface area contributed by atoms with Crippen LogP contribution in [0.25, 0.3) is 0 Å². The third kappa shape index (κ3) is 1.42. The Bertz CT molecular complexity index is 482. The molecule has 2 atom stereocenters.